The molecule has 0 radical (unpaired) electrons. The van der Waals surface area contributed by atoms with Gasteiger partial charge in [0.05, 0.1) is 0 Å². The van der Waals surface area contributed by atoms with Crippen LogP contribution in [0.3, 0.4) is 0 Å². The highest BCUT2D eigenvalue weighted by Gasteiger charge is 2.35. The molecule has 0 aliphatic carbocycles. The van der Waals surface area contributed by atoms with Gasteiger partial charge in [-0.1, -0.05) is 0 Å². The van der Waals surface area contributed by atoms with Crippen LogP contribution in [0.1, 0.15) is 0 Å². The Balaban J connectivity index is 2.87. The zero-order valence-corrected chi connectivity index (χ0v) is 11.5. The van der Waals surface area contributed by atoms with Crippen molar-refractivity contribution >= 4 is 35.6 Å². The summed E-state index contributed by atoms with van der Waals surface area (Å²) < 4.78 is 0. The maximum absolute atomic E-state index is 12.2. The number of amides is 4. The molecular weight excluding hydrogens is 288 g/mol. The third-order valence-electron chi connectivity index (χ3n) is 2.62. The van der Waals surface area contributed by atoms with Crippen molar-refractivity contribution < 1.29 is 24.3 Å². The van der Waals surface area contributed by atoms with Crippen LogP contribution in [0.2, 0.25) is 0 Å². The summed E-state index contributed by atoms with van der Waals surface area (Å²) in [6, 6.07) is -1.72. The lowest BCUT2D eigenvalue weighted by molar-refractivity contribution is -0.141. The van der Waals surface area contributed by atoms with Gasteiger partial charge in [0.2, 0.25) is 11.8 Å². The molecule has 5 N–H and O–H groups in total. The Bertz CT molecular complexity index is 414. The summed E-state index contributed by atoms with van der Waals surface area (Å²) in [7, 11) is 0. The molecule has 1 heterocycles. The molecule has 1 fully saturated rings. The predicted molar refractivity (Wildman–Crippen MR) is 70.8 cm³/mol. The Hall–Kier alpha value is -1.97. The third kappa shape index (κ3) is 4.30. The average Bonchev–Trinajstić information content (AvgIpc) is 2.36. The first kappa shape index (κ1) is 16.1. The van der Waals surface area contributed by atoms with E-state index < -0.39 is 42.9 Å². The number of hydrogen-bond acceptors (Lipinski definition) is 5. The van der Waals surface area contributed by atoms with Gasteiger partial charge >= 0.3 is 12.0 Å². The molecule has 0 aromatic heterocycles. The van der Waals surface area contributed by atoms with Crippen molar-refractivity contribution in [2.75, 3.05) is 31.1 Å². The van der Waals surface area contributed by atoms with Crippen molar-refractivity contribution in [1.29, 1.82) is 0 Å². The fourth-order valence-corrected chi connectivity index (χ4v) is 2.82. The maximum atomic E-state index is 12.2. The van der Waals surface area contributed by atoms with Crippen LogP contribution in [-0.4, -0.2) is 75.9 Å². The summed E-state index contributed by atoms with van der Waals surface area (Å²) in [5.41, 5.74) is 10.0. The number of thioether (sulfide) groups is 1. The van der Waals surface area contributed by atoms with Gasteiger partial charge in [-0.2, -0.15) is 11.8 Å². The Morgan fingerprint density at radius 2 is 1.75 bits per heavy atom. The van der Waals surface area contributed by atoms with E-state index in [1.54, 1.807) is 0 Å². The molecule has 0 bridgehead atoms. The normalized spacial score (nSPS) is 18.4. The Kier molecular flexibility index (Phi) is 5.62. The molecule has 1 unspecified atom stereocenters. The standard InChI is InChI=1S/C10H16N4O5S/c11-7(15)3-13(4-8(12)16)10(19)14-1-2-20-5-6(14)9(17)18/h6H,1-5H2,(H2,11,15)(H2,12,16)(H,17,18). The number of carbonyl (C=O) groups is 4. The topological polar surface area (TPSA) is 147 Å². The monoisotopic (exact) mass is 304 g/mol. The average molecular weight is 304 g/mol. The predicted octanol–water partition coefficient (Wildman–Crippen LogP) is -2.12. The molecule has 0 aromatic rings. The van der Waals surface area contributed by atoms with Crippen LogP contribution < -0.4 is 11.5 Å². The molecule has 1 aliphatic rings. The number of urea groups is 1. The fraction of sp³-hybridized carbons (Fsp3) is 0.600. The van der Waals surface area contributed by atoms with E-state index in [1.165, 1.54) is 11.8 Å². The molecule has 10 heteroatoms. The zero-order chi connectivity index (χ0) is 15.3. The van der Waals surface area contributed by atoms with Gasteiger partial charge in [-0.15, -0.1) is 0 Å². The van der Waals surface area contributed by atoms with Crippen LogP contribution in [0.15, 0.2) is 0 Å². The quantitative estimate of drug-likeness (QED) is 0.529. The van der Waals surface area contributed by atoms with Crippen LogP contribution in [0, 0.1) is 0 Å². The number of carboxylic acids is 1. The summed E-state index contributed by atoms with van der Waals surface area (Å²) in [5.74, 6) is -1.92. The molecular formula is C10H16N4O5S. The van der Waals surface area contributed by atoms with Gasteiger partial charge in [-0.3, -0.25) is 9.59 Å². The van der Waals surface area contributed by atoms with Crippen molar-refractivity contribution in [1.82, 2.24) is 9.80 Å². The minimum absolute atomic E-state index is 0.217. The number of carboxylic acid groups (broad SMARTS) is 1. The molecule has 20 heavy (non-hydrogen) atoms. The van der Waals surface area contributed by atoms with E-state index in [1.807, 2.05) is 0 Å². The van der Waals surface area contributed by atoms with Gasteiger partial charge in [0.25, 0.3) is 0 Å². The summed E-state index contributed by atoms with van der Waals surface area (Å²) >= 11 is 1.42. The summed E-state index contributed by atoms with van der Waals surface area (Å²) in [6.45, 7) is -0.760. The van der Waals surface area contributed by atoms with Gasteiger partial charge in [0.15, 0.2) is 0 Å². The minimum atomic E-state index is -1.14. The molecule has 1 saturated heterocycles. The lowest BCUT2D eigenvalue weighted by atomic mass is 10.3. The number of rotatable bonds is 5. The molecule has 0 aromatic carbocycles. The van der Waals surface area contributed by atoms with Gasteiger partial charge in [0.1, 0.15) is 19.1 Å². The molecule has 1 rings (SSSR count). The van der Waals surface area contributed by atoms with Gasteiger partial charge in [-0.05, 0) is 0 Å². The molecule has 1 aliphatic heterocycles. The molecule has 4 amide bonds. The SMILES string of the molecule is NC(=O)CN(CC(N)=O)C(=O)N1CCSCC1C(=O)O. The Morgan fingerprint density at radius 3 is 2.20 bits per heavy atom. The molecule has 9 nitrogen and oxygen atoms in total. The van der Waals surface area contributed by atoms with E-state index in [9.17, 15) is 19.2 Å². The Morgan fingerprint density at radius 1 is 1.20 bits per heavy atom. The highest BCUT2D eigenvalue weighted by molar-refractivity contribution is 7.99. The zero-order valence-electron chi connectivity index (χ0n) is 10.7. The van der Waals surface area contributed by atoms with Crippen molar-refractivity contribution in [3.63, 3.8) is 0 Å². The maximum Gasteiger partial charge on any atom is 0.327 e. The van der Waals surface area contributed by atoms with Crippen LogP contribution in [0.5, 0.6) is 0 Å². The highest BCUT2D eigenvalue weighted by Crippen LogP contribution is 2.18. The number of nitrogens with zero attached hydrogens (tertiary/aromatic N) is 2. The number of aliphatic carboxylic acids is 1. The van der Waals surface area contributed by atoms with Crippen molar-refractivity contribution in [3.05, 3.63) is 0 Å². The molecule has 0 spiro atoms. The second-order valence-corrected chi connectivity index (χ2v) is 5.34. The number of primary amides is 2. The van der Waals surface area contributed by atoms with Crippen molar-refractivity contribution in [2.45, 2.75) is 6.04 Å². The van der Waals surface area contributed by atoms with Crippen LogP contribution in [0.4, 0.5) is 4.79 Å². The molecule has 1 atom stereocenters. The van der Waals surface area contributed by atoms with E-state index in [-0.39, 0.29) is 12.3 Å². The van der Waals surface area contributed by atoms with Gasteiger partial charge < -0.3 is 26.4 Å². The van der Waals surface area contributed by atoms with Crippen molar-refractivity contribution in [2.24, 2.45) is 11.5 Å². The van der Waals surface area contributed by atoms with E-state index >= 15 is 0 Å². The molecule has 112 valence electrons. The van der Waals surface area contributed by atoms with Gasteiger partial charge in [-0.25, -0.2) is 9.59 Å². The van der Waals surface area contributed by atoms with E-state index in [4.69, 9.17) is 16.6 Å². The summed E-state index contributed by atoms with van der Waals surface area (Å²) in [6.07, 6.45) is 0. The lowest BCUT2D eigenvalue weighted by Crippen LogP contribution is -2.57. The van der Waals surface area contributed by atoms with Crippen molar-refractivity contribution in [3.8, 4) is 0 Å². The van der Waals surface area contributed by atoms with E-state index in [0.717, 1.165) is 9.80 Å². The van der Waals surface area contributed by atoms with Crippen LogP contribution in [-0.2, 0) is 14.4 Å². The first-order chi connectivity index (χ1) is 9.32. The van der Waals surface area contributed by atoms with Crippen LogP contribution >= 0.6 is 11.8 Å². The Labute approximate surface area is 119 Å². The van der Waals surface area contributed by atoms with Crippen LogP contribution in [0.25, 0.3) is 0 Å². The number of hydrogen-bond donors (Lipinski definition) is 3. The number of nitrogens with two attached hydrogens (primary N) is 2. The molecule has 0 saturated carbocycles. The first-order valence-electron chi connectivity index (χ1n) is 5.75. The summed E-state index contributed by atoms with van der Waals surface area (Å²) in [5, 5.41) is 9.09. The lowest BCUT2D eigenvalue weighted by Gasteiger charge is -2.36. The summed E-state index contributed by atoms with van der Waals surface area (Å²) in [4.78, 5) is 47.2. The second-order valence-electron chi connectivity index (χ2n) is 4.19. The van der Waals surface area contributed by atoms with E-state index in [0.29, 0.717) is 5.75 Å². The number of carbonyl (C=O) groups excluding carboxylic acids is 3. The largest absolute Gasteiger partial charge is 0.480 e. The minimum Gasteiger partial charge on any atom is -0.480 e. The third-order valence-corrected chi connectivity index (χ3v) is 3.65. The highest BCUT2D eigenvalue weighted by atomic mass is 32.2. The fourth-order valence-electron chi connectivity index (χ4n) is 1.79. The van der Waals surface area contributed by atoms with E-state index in [2.05, 4.69) is 0 Å². The first-order valence-corrected chi connectivity index (χ1v) is 6.91. The second kappa shape index (κ2) is 6.98. The smallest absolute Gasteiger partial charge is 0.327 e. The van der Waals surface area contributed by atoms with Gasteiger partial charge in [0, 0.05) is 18.1 Å².